The summed E-state index contributed by atoms with van der Waals surface area (Å²) in [5.74, 6) is 0.770. The maximum Gasteiger partial charge on any atom is 0.184 e. The van der Waals surface area contributed by atoms with Crippen molar-refractivity contribution in [1.29, 1.82) is 0 Å². The lowest BCUT2D eigenvalue weighted by Gasteiger charge is -2.54. The van der Waals surface area contributed by atoms with Crippen LogP contribution >= 0.6 is 0 Å². The van der Waals surface area contributed by atoms with Crippen LogP contribution in [0.1, 0.15) is 37.5 Å². The molecule has 25 heavy (non-hydrogen) atoms. The number of fused-ring (bicyclic) bond motifs is 1. The molecule has 5 heteroatoms. The number of hydrogen-bond donors (Lipinski definition) is 1. The lowest BCUT2D eigenvalue weighted by Crippen LogP contribution is -2.62. The van der Waals surface area contributed by atoms with Crippen LogP contribution in [0.4, 0.5) is 0 Å². The van der Waals surface area contributed by atoms with Gasteiger partial charge in [0.05, 0.1) is 18.8 Å². The first-order chi connectivity index (χ1) is 12.2. The summed E-state index contributed by atoms with van der Waals surface area (Å²) in [5, 5.41) is 10.4. The molecule has 2 heterocycles. The van der Waals surface area contributed by atoms with E-state index in [1.54, 1.807) is 7.11 Å². The highest BCUT2D eigenvalue weighted by molar-refractivity contribution is 5.18. The van der Waals surface area contributed by atoms with Gasteiger partial charge in [0.15, 0.2) is 12.6 Å². The maximum absolute atomic E-state index is 10.4. The van der Waals surface area contributed by atoms with Crippen molar-refractivity contribution >= 4 is 0 Å². The van der Waals surface area contributed by atoms with Gasteiger partial charge in [-0.05, 0) is 31.6 Å². The van der Waals surface area contributed by atoms with Crippen molar-refractivity contribution in [3.05, 3.63) is 35.9 Å². The molecular weight excluding hydrogens is 320 g/mol. The lowest BCUT2D eigenvalue weighted by molar-refractivity contribution is -0.363. The van der Waals surface area contributed by atoms with Crippen LogP contribution in [0, 0.1) is 17.3 Å². The number of rotatable bonds is 2. The minimum atomic E-state index is -0.362. The Labute approximate surface area is 148 Å². The molecule has 0 radical (unpaired) electrons. The summed E-state index contributed by atoms with van der Waals surface area (Å²) >= 11 is 0. The van der Waals surface area contributed by atoms with E-state index in [4.69, 9.17) is 18.9 Å². The highest BCUT2D eigenvalue weighted by Crippen LogP contribution is 2.65. The minimum Gasteiger partial charge on any atom is -0.393 e. The molecule has 4 fully saturated rings. The number of methoxy groups -OCH3 is 1. The molecule has 2 saturated heterocycles. The first-order valence-electron chi connectivity index (χ1n) is 9.40. The number of ether oxygens (including phenoxy) is 4. The summed E-state index contributed by atoms with van der Waals surface area (Å²) < 4.78 is 24.4. The normalized spacial score (nSPS) is 48.6. The van der Waals surface area contributed by atoms with Crippen molar-refractivity contribution in [3.8, 4) is 0 Å². The van der Waals surface area contributed by atoms with Gasteiger partial charge in [0, 0.05) is 24.0 Å². The number of hydrogen-bond acceptors (Lipinski definition) is 5. The highest BCUT2D eigenvalue weighted by Gasteiger charge is 2.67. The molecule has 1 aromatic carbocycles. The quantitative estimate of drug-likeness (QED) is 0.892. The van der Waals surface area contributed by atoms with Gasteiger partial charge in [-0.2, -0.15) is 0 Å². The predicted octanol–water partition coefficient (Wildman–Crippen LogP) is 2.64. The van der Waals surface area contributed by atoms with Crippen molar-refractivity contribution in [2.24, 2.45) is 17.3 Å². The molecule has 136 valence electrons. The molecular formula is C20H26O5. The third-order valence-electron chi connectivity index (χ3n) is 6.91. The molecule has 5 nitrogen and oxygen atoms in total. The third-order valence-corrected chi connectivity index (χ3v) is 6.91. The minimum absolute atomic E-state index is 0.0486. The number of benzene rings is 1. The summed E-state index contributed by atoms with van der Waals surface area (Å²) in [4.78, 5) is 0. The van der Waals surface area contributed by atoms with Gasteiger partial charge in [-0.3, -0.25) is 0 Å². The summed E-state index contributed by atoms with van der Waals surface area (Å²) in [6, 6.07) is 10.1. The van der Waals surface area contributed by atoms with Crippen molar-refractivity contribution in [3.63, 3.8) is 0 Å². The molecule has 4 aliphatic rings. The fourth-order valence-corrected chi connectivity index (χ4v) is 6.03. The topological polar surface area (TPSA) is 57.2 Å². The maximum atomic E-state index is 10.4. The highest BCUT2D eigenvalue weighted by atomic mass is 16.7. The van der Waals surface area contributed by atoms with Crippen molar-refractivity contribution in [2.45, 2.75) is 56.6 Å². The van der Waals surface area contributed by atoms with Crippen LogP contribution in [0.3, 0.4) is 0 Å². The molecule has 0 aromatic heterocycles. The Morgan fingerprint density at radius 1 is 1.16 bits per heavy atom. The monoisotopic (exact) mass is 346 g/mol. The van der Waals surface area contributed by atoms with E-state index >= 15 is 0 Å². The molecule has 2 aliphatic carbocycles. The van der Waals surface area contributed by atoms with Gasteiger partial charge in [-0.15, -0.1) is 0 Å². The first-order valence-corrected chi connectivity index (χ1v) is 9.40. The van der Waals surface area contributed by atoms with Crippen molar-refractivity contribution in [2.75, 3.05) is 13.7 Å². The summed E-state index contributed by atoms with van der Waals surface area (Å²) in [5.41, 5.74) is 0.982. The SMILES string of the molecule is CO[C@H]1O[C@@H]2CO[C@@H](c3ccccc3)O[C@H]2[C@@]23CC(O)CC2CC[C@@H]13. The van der Waals surface area contributed by atoms with E-state index in [2.05, 4.69) is 0 Å². The average Bonchev–Trinajstić information content (AvgIpc) is 3.16. The standard InChI is InChI=1S/C20H26O5/c1-22-19-15-8-7-13-9-14(21)10-20(13,15)17-16(24-19)11-23-18(25-17)12-5-3-2-4-6-12/h2-6,13-19,21H,7-11H2,1H3/t13?,14?,15-,16+,17+,18+,19-,20-/m0/s1. The molecule has 0 bridgehead atoms. The fraction of sp³-hybridized carbons (Fsp3) is 0.700. The smallest absolute Gasteiger partial charge is 0.184 e. The molecule has 1 spiro atoms. The first kappa shape index (κ1) is 16.2. The zero-order chi connectivity index (χ0) is 17.0. The zero-order valence-electron chi connectivity index (χ0n) is 14.5. The number of aliphatic hydroxyl groups excluding tert-OH is 1. The molecule has 5 rings (SSSR count). The summed E-state index contributed by atoms with van der Waals surface area (Å²) in [6.07, 6.45) is 2.85. The molecule has 0 amide bonds. The van der Waals surface area contributed by atoms with Crippen molar-refractivity contribution < 1.29 is 24.1 Å². The molecule has 2 saturated carbocycles. The van der Waals surface area contributed by atoms with Crippen LogP contribution in [-0.2, 0) is 18.9 Å². The van der Waals surface area contributed by atoms with Gasteiger partial charge in [0.2, 0.25) is 0 Å². The van der Waals surface area contributed by atoms with E-state index in [0.717, 1.165) is 31.2 Å². The molecule has 1 aromatic rings. The molecule has 2 aliphatic heterocycles. The van der Waals surface area contributed by atoms with Crippen LogP contribution < -0.4 is 0 Å². The molecule has 8 atom stereocenters. The van der Waals surface area contributed by atoms with E-state index in [9.17, 15) is 5.11 Å². The second-order valence-corrected chi connectivity index (χ2v) is 8.00. The fourth-order valence-electron chi connectivity index (χ4n) is 6.03. The van der Waals surface area contributed by atoms with E-state index < -0.39 is 0 Å². The van der Waals surface area contributed by atoms with Gasteiger partial charge in [0.25, 0.3) is 0 Å². The van der Waals surface area contributed by atoms with Crippen molar-refractivity contribution in [1.82, 2.24) is 0 Å². The van der Waals surface area contributed by atoms with E-state index in [-0.39, 0.29) is 42.2 Å². The van der Waals surface area contributed by atoms with Gasteiger partial charge in [0.1, 0.15) is 6.10 Å². The Morgan fingerprint density at radius 3 is 2.80 bits per heavy atom. The van der Waals surface area contributed by atoms with E-state index in [0.29, 0.717) is 12.5 Å². The Bertz CT molecular complexity index is 622. The Balaban J connectivity index is 1.50. The van der Waals surface area contributed by atoms with Gasteiger partial charge in [-0.25, -0.2) is 0 Å². The Hall–Kier alpha value is -0.980. The predicted molar refractivity (Wildman–Crippen MR) is 89.6 cm³/mol. The Kier molecular flexibility index (Phi) is 3.91. The van der Waals surface area contributed by atoms with Gasteiger partial charge in [-0.1, -0.05) is 30.3 Å². The second-order valence-electron chi connectivity index (χ2n) is 8.00. The van der Waals surface area contributed by atoms with E-state index in [1.165, 1.54) is 0 Å². The summed E-state index contributed by atoms with van der Waals surface area (Å²) in [6.45, 7) is 0.501. The molecule has 1 N–H and O–H groups in total. The zero-order valence-corrected chi connectivity index (χ0v) is 14.5. The Morgan fingerprint density at radius 2 is 2.00 bits per heavy atom. The lowest BCUT2D eigenvalue weighted by atomic mass is 9.65. The van der Waals surface area contributed by atoms with Crippen LogP contribution in [0.25, 0.3) is 0 Å². The largest absolute Gasteiger partial charge is 0.393 e. The molecule has 2 unspecified atom stereocenters. The number of aliphatic hydroxyl groups is 1. The second kappa shape index (κ2) is 6.03. The van der Waals surface area contributed by atoms with Crippen LogP contribution in [0.15, 0.2) is 30.3 Å². The third kappa shape index (κ3) is 2.33. The van der Waals surface area contributed by atoms with Crippen LogP contribution in [-0.4, -0.2) is 43.4 Å². The van der Waals surface area contributed by atoms with Crippen LogP contribution in [0.5, 0.6) is 0 Å². The average molecular weight is 346 g/mol. The van der Waals surface area contributed by atoms with Gasteiger partial charge < -0.3 is 24.1 Å². The summed E-state index contributed by atoms with van der Waals surface area (Å²) in [7, 11) is 1.72. The van der Waals surface area contributed by atoms with E-state index in [1.807, 2.05) is 30.3 Å². The van der Waals surface area contributed by atoms with Gasteiger partial charge >= 0.3 is 0 Å². The van der Waals surface area contributed by atoms with Crippen LogP contribution in [0.2, 0.25) is 0 Å².